The third-order valence-electron chi connectivity index (χ3n) is 1.87. The van der Waals surface area contributed by atoms with E-state index in [1.54, 1.807) is 13.0 Å². The van der Waals surface area contributed by atoms with Gasteiger partial charge >= 0.3 is 0 Å². The summed E-state index contributed by atoms with van der Waals surface area (Å²) in [5.74, 6) is -0.122. The van der Waals surface area contributed by atoms with Crippen molar-refractivity contribution in [2.24, 2.45) is 0 Å². The number of carbonyl (C=O) groups excluding carboxylic acids is 1. The van der Waals surface area contributed by atoms with Crippen LogP contribution in [0.1, 0.15) is 24.5 Å². The molecule has 0 radical (unpaired) electrons. The third kappa shape index (κ3) is 2.55. The van der Waals surface area contributed by atoms with Crippen molar-refractivity contribution in [3.63, 3.8) is 0 Å². The van der Waals surface area contributed by atoms with Crippen LogP contribution in [0.15, 0.2) is 18.2 Å². The van der Waals surface area contributed by atoms with Crippen LogP contribution in [-0.4, -0.2) is 5.91 Å². The molecule has 1 N–H and O–H groups in total. The Kier molecular flexibility index (Phi) is 3.43. The highest BCUT2D eigenvalue weighted by Crippen LogP contribution is 2.14. The van der Waals surface area contributed by atoms with E-state index >= 15 is 0 Å². The van der Waals surface area contributed by atoms with Crippen molar-refractivity contribution in [3.8, 4) is 12.1 Å². The van der Waals surface area contributed by atoms with Gasteiger partial charge in [-0.2, -0.15) is 10.5 Å². The highest BCUT2D eigenvalue weighted by atomic mass is 16.1. The fourth-order valence-electron chi connectivity index (χ4n) is 1.06. The molecule has 0 aromatic heterocycles. The number of rotatable bonds is 2. The van der Waals surface area contributed by atoms with Gasteiger partial charge in [-0.3, -0.25) is 4.79 Å². The Bertz CT molecular complexity index is 466. The smallest absolute Gasteiger partial charge is 0.224 e. The van der Waals surface area contributed by atoms with Crippen LogP contribution < -0.4 is 5.32 Å². The first-order valence-electron chi connectivity index (χ1n) is 4.45. The summed E-state index contributed by atoms with van der Waals surface area (Å²) in [7, 11) is 0. The van der Waals surface area contributed by atoms with Gasteiger partial charge in [0.05, 0.1) is 11.1 Å². The van der Waals surface area contributed by atoms with Gasteiger partial charge in [0, 0.05) is 12.1 Å². The molecule has 0 bridgehead atoms. The van der Waals surface area contributed by atoms with Gasteiger partial charge in [0.1, 0.15) is 12.1 Å². The van der Waals surface area contributed by atoms with Gasteiger partial charge in [-0.15, -0.1) is 0 Å². The van der Waals surface area contributed by atoms with Crippen LogP contribution in [0.25, 0.3) is 0 Å². The Hall–Kier alpha value is -2.33. The second kappa shape index (κ2) is 4.78. The van der Waals surface area contributed by atoms with Crippen molar-refractivity contribution >= 4 is 11.6 Å². The molecule has 4 heteroatoms. The molecule has 0 spiro atoms. The van der Waals surface area contributed by atoms with Crippen LogP contribution in [-0.2, 0) is 4.79 Å². The summed E-state index contributed by atoms with van der Waals surface area (Å²) in [5.41, 5.74) is 1.12. The molecule has 1 aromatic carbocycles. The summed E-state index contributed by atoms with van der Waals surface area (Å²) < 4.78 is 0. The quantitative estimate of drug-likeness (QED) is 0.788. The summed E-state index contributed by atoms with van der Waals surface area (Å²) in [6.07, 6.45) is 0.377. The van der Waals surface area contributed by atoms with Gasteiger partial charge in [0.25, 0.3) is 0 Å². The van der Waals surface area contributed by atoms with Crippen LogP contribution in [0.4, 0.5) is 5.69 Å². The van der Waals surface area contributed by atoms with Crippen molar-refractivity contribution in [3.05, 3.63) is 29.3 Å². The molecule has 4 nitrogen and oxygen atoms in total. The van der Waals surface area contributed by atoms with Crippen LogP contribution >= 0.6 is 0 Å². The van der Waals surface area contributed by atoms with Gasteiger partial charge in [-0.25, -0.2) is 0 Å². The van der Waals surface area contributed by atoms with E-state index in [4.69, 9.17) is 10.5 Å². The van der Waals surface area contributed by atoms with Crippen molar-refractivity contribution in [1.29, 1.82) is 10.5 Å². The number of benzene rings is 1. The van der Waals surface area contributed by atoms with Gasteiger partial charge in [-0.1, -0.05) is 6.92 Å². The van der Waals surface area contributed by atoms with E-state index in [1.165, 1.54) is 12.1 Å². The van der Waals surface area contributed by atoms with Crippen molar-refractivity contribution in [2.45, 2.75) is 13.3 Å². The molecular weight excluding hydrogens is 190 g/mol. The minimum atomic E-state index is -0.122. The predicted octanol–water partition coefficient (Wildman–Crippen LogP) is 1.78. The molecule has 1 amide bonds. The summed E-state index contributed by atoms with van der Waals surface area (Å²) in [6, 6.07) is 8.42. The summed E-state index contributed by atoms with van der Waals surface area (Å²) >= 11 is 0. The molecule has 0 unspecified atom stereocenters. The van der Waals surface area contributed by atoms with E-state index in [2.05, 4.69) is 5.32 Å². The van der Waals surface area contributed by atoms with E-state index in [0.29, 0.717) is 17.7 Å². The first-order chi connectivity index (χ1) is 7.21. The number of anilines is 1. The molecule has 74 valence electrons. The number of hydrogen-bond acceptors (Lipinski definition) is 3. The van der Waals surface area contributed by atoms with E-state index in [-0.39, 0.29) is 11.5 Å². The monoisotopic (exact) mass is 199 g/mol. The minimum Gasteiger partial charge on any atom is -0.326 e. The number of nitriles is 2. The topological polar surface area (TPSA) is 76.7 Å². The van der Waals surface area contributed by atoms with Crippen LogP contribution in [0.2, 0.25) is 0 Å². The average Bonchev–Trinajstić information content (AvgIpc) is 2.28. The highest BCUT2D eigenvalue weighted by Gasteiger charge is 2.04. The Morgan fingerprint density at radius 3 is 2.53 bits per heavy atom. The second-order valence-corrected chi connectivity index (χ2v) is 2.89. The van der Waals surface area contributed by atoms with Crippen LogP contribution in [0.3, 0.4) is 0 Å². The molecule has 0 heterocycles. The fourth-order valence-corrected chi connectivity index (χ4v) is 1.06. The fraction of sp³-hybridized carbons (Fsp3) is 0.182. The summed E-state index contributed by atoms with van der Waals surface area (Å²) in [6.45, 7) is 1.74. The van der Waals surface area contributed by atoms with Crippen molar-refractivity contribution < 1.29 is 4.79 Å². The maximum atomic E-state index is 11.1. The lowest BCUT2D eigenvalue weighted by molar-refractivity contribution is -0.115. The maximum Gasteiger partial charge on any atom is 0.224 e. The molecule has 0 aliphatic carbocycles. The molecule has 0 aliphatic heterocycles. The molecule has 1 rings (SSSR count). The van der Waals surface area contributed by atoms with E-state index in [0.717, 1.165) is 0 Å². The van der Waals surface area contributed by atoms with Crippen molar-refractivity contribution in [1.82, 2.24) is 0 Å². The minimum absolute atomic E-state index is 0.122. The molecule has 0 saturated carbocycles. The Labute approximate surface area is 87.8 Å². The standard InChI is InChI=1S/C11H9N3O/c1-2-11(15)14-10-4-3-8(6-12)9(5-10)7-13/h3-5H,2H2,1H3,(H,14,15). The number of hydrogen-bond donors (Lipinski definition) is 1. The molecular formula is C11H9N3O. The Morgan fingerprint density at radius 2 is 2.00 bits per heavy atom. The Morgan fingerprint density at radius 1 is 1.33 bits per heavy atom. The maximum absolute atomic E-state index is 11.1. The van der Waals surface area contributed by atoms with E-state index < -0.39 is 0 Å². The van der Waals surface area contributed by atoms with Gasteiger partial charge < -0.3 is 5.32 Å². The zero-order valence-electron chi connectivity index (χ0n) is 8.24. The molecule has 15 heavy (non-hydrogen) atoms. The van der Waals surface area contributed by atoms with E-state index in [9.17, 15) is 4.79 Å². The number of nitrogens with one attached hydrogen (secondary N) is 1. The lowest BCUT2D eigenvalue weighted by Gasteiger charge is -2.03. The highest BCUT2D eigenvalue weighted by molar-refractivity contribution is 5.90. The Balaban J connectivity index is 3.01. The first kappa shape index (κ1) is 10.7. The molecule has 0 atom stereocenters. The third-order valence-corrected chi connectivity index (χ3v) is 1.87. The van der Waals surface area contributed by atoms with Gasteiger partial charge in [-0.05, 0) is 18.2 Å². The summed E-state index contributed by atoms with van der Waals surface area (Å²) in [5, 5.41) is 20.0. The number of nitrogens with zero attached hydrogens (tertiary/aromatic N) is 2. The SMILES string of the molecule is CCC(=O)Nc1ccc(C#N)c(C#N)c1. The van der Waals surface area contributed by atoms with Crippen LogP contribution in [0, 0.1) is 22.7 Å². The molecule has 1 aromatic rings. The average molecular weight is 199 g/mol. The second-order valence-electron chi connectivity index (χ2n) is 2.89. The van der Waals surface area contributed by atoms with E-state index in [1.807, 2.05) is 12.1 Å². The normalized spacial score (nSPS) is 8.73. The lowest BCUT2D eigenvalue weighted by atomic mass is 10.1. The van der Waals surface area contributed by atoms with Crippen LogP contribution in [0.5, 0.6) is 0 Å². The number of amides is 1. The molecule has 0 fully saturated rings. The van der Waals surface area contributed by atoms with Gasteiger partial charge in [0.2, 0.25) is 5.91 Å². The molecule has 0 aliphatic rings. The zero-order chi connectivity index (χ0) is 11.3. The largest absolute Gasteiger partial charge is 0.326 e. The van der Waals surface area contributed by atoms with Crippen molar-refractivity contribution in [2.75, 3.05) is 5.32 Å². The number of carbonyl (C=O) groups is 1. The van der Waals surface area contributed by atoms with Gasteiger partial charge in [0.15, 0.2) is 0 Å². The predicted molar refractivity (Wildman–Crippen MR) is 54.8 cm³/mol. The first-order valence-corrected chi connectivity index (χ1v) is 4.45. The molecule has 0 saturated heterocycles. The zero-order valence-corrected chi connectivity index (χ0v) is 8.24. The summed E-state index contributed by atoms with van der Waals surface area (Å²) in [4.78, 5) is 11.1. The lowest BCUT2D eigenvalue weighted by Crippen LogP contribution is -2.09.